The van der Waals surface area contributed by atoms with Gasteiger partial charge in [-0.05, 0) is 12.1 Å². The van der Waals surface area contributed by atoms with E-state index in [0.717, 1.165) is 5.52 Å². The summed E-state index contributed by atoms with van der Waals surface area (Å²) in [5.74, 6) is 0. The van der Waals surface area contributed by atoms with Gasteiger partial charge in [-0.1, -0.05) is 12.1 Å². The third kappa shape index (κ3) is 7.75. The second kappa shape index (κ2) is 7.28. The summed E-state index contributed by atoms with van der Waals surface area (Å²) in [5.41, 5.74) is 2.97. The summed E-state index contributed by atoms with van der Waals surface area (Å²) in [7, 11) is 20.0. The van der Waals surface area contributed by atoms with Crippen LogP contribution in [0.15, 0.2) is 29.8 Å². The molecular formula is C7H8Cl4N2PtS. The molecule has 2 nitrogen and oxygen atoms in total. The summed E-state index contributed by atoms with van der Waals surface area (Å²) in [6.07, 6.45) is 0. The molecule has 1 heterocycles. The average Bonchev–Trinajstić information content (AvgIpc) is 2.47. The second-order valence-electron chi connectivity index (χ2n) is 2.09. The Labute approximate surface area is 111 Å². The van der Waals surface area contributed by atoms with Gasteiger partial charge in [0.2, 0.25) is 0 Å². The second-order valence-corrected chi connectivity index (χ2v) is 22.7. The summed E-state index contributed by atoms with van der Waals surface area (Å²) >= 11 is -1.38. The Morgan fingerprint density at radius 3 is 2.13 bits per heavy atom. The Hall–Kier alpha value is 0.918. The molecular weight excluding hydrogens is 481 g/mol. The minimum absolute atomic E-state index is 0. The number of halogens is 4. The molecule has 0 saturated heterocycles. The number of thiazole rings is 1. The fourth-order valence-electron chi connectivity index (χ4n) is 0.803. The SMILES string of the molecule is N.[Cl][Pt]([Cl])([Cl])[Cl].c1ccc2scnc2c1. The van der Waals surface area contributed by atoms with E-state index in [4.69, 9.17) is 37.7 Å². The standard InChI is InChI=1S/C7H5NS.4ClH.H3N.Pt/c1-2-4-7-6(3-1)8-5-9-7;;;;;;/h1-5H;4*1H;1H3;/q;;;;;;+4/p-4. The van der Waals surface area contributed by atoms with Crippen molar-refractivity contribution >= 4 is 59.2 Å². The van der Waals surface area contributed by atoms with Crippen LogP contribution in [-0.2, 0) is 11.9 Å². The number of para-hydroxylation sites is 1. The number of nitrogens with zero attached hydrogens (tertiary/aromatic N) is 1. The summed E-state index contributed by atoms with van der Waals surface area (Å²) in [5, 5.41) is 0. The molecule has 1 aromatic carbocycles. The minimum atomic E-state index is -3.06. The number of fused-ring (bicyclic) bond motifs is 1. The first kappa shape index (κ1) is 15.9. The molecule has 0 amide bonds. The maximum absolute atomic E-state index is 5.01. The van der Waals surface area contributed by atoms with Crippen molar-refractivity contribution in [2.24, 2.45) is 0 Å². The molecule has 2 aromatic rings. The topological polar surface area (TPSA) is 47.9 Å². The molecule has 0 fully saturated rings. The van der Waals surface area contributed by atoms with E-state index in [1.54, 1.807) is 11.3 Å². The number of benzene rings is 1. The van der Waals surface area contributed by atoms with Crippen molar-refractivity contribution in [2.45, 2.75) is 0 Å². The van der Waals surface area contributed by atoms with Crippen molar-refractivity contribution in [3.63, 3.8) is 0 Å². The molecule has 2 rings (SSSR count). The summed E-state index contributed by atoms with van der Waals surface area (Å²) < 4.78 is 1.26. The van der Waals surface area contributed by atoms with Crippen molar-refractivity contribution in [3.05, 3.63) is 29.8 Å². The van der Waals surface area contributed by atoms with E-state index in [9.17, 15) is 0 Å². The summed E-state index contributed by atoms with van der Waals surface area (Å²) in [6.45, 7) is 0. The quantitative estimate of drug-likeness (QED) is 0.553. The molecule has 0 bridgehead atoms. The van der Waals surface area contributed by atoms with Crippen LogP contribution in [0.2, 0.25) is 0 Å². The molecule has 0 unspecified atom stereocenters. The molecule has 90 valence electrons. The zero-order chi connectivity index (χ0) is 10.6. The Kier molecular flexibility index (Phi) is 7.73. The first-order valence-corrected chi connectivity index (χ1v) is 15.4. The van der Waals surface area contributed by atoms with Crippen LogP contribution < -0.4 is 6.15 Å². The van der Waals surface area contributed by atoms with E-state index in [-0.39, 0.29) is 6.15 Å². The maximum Gasteiger partial charge on any atom is 0.0812 e. The molecule has 0 aliphatic carbocycles. The first-order chi connectivity index (χ1) is 6.47. The van der Waals surface area contributed by atoms with Crippen LogP contribution in [-0.4, -0.2) is 4.98 Å². The predicted octanol–water partition coefficient (Wildman–Crippen LogP) is 5.21. The summed E-state index contributed by atoms with van der Waals surface area (Å²) in [6, 6.07) is 8.13. The van der Waals surface area contributed by atoms with Gasteiger partial charge in [-0.2, -0.15) is 0 Å². The van der Waals surface area contributed by atoms with Gasteiger partial charge in [-0.15, -0.1) is 11.3 Å². The summed E-state index contributed by atoms with van der Waals surface area (Å²) in [4.78, 5) is 4.14. The third-order valence-electron chi connectivity index (χ3n) is 1.24. The Bertz CT molecular complexity index is 367. The van der Waals surface area contributed by atoms with Gasteiger partial charge in [0, 0.05) is 0 Å². The van der Waals surface area contributed by atoms with Crippen LogP contribution in [0.3, 0.4) is 0 Å². The molecule has 0 saturated carbocycles. The van der Waals surface area contributed by atoms with Crippen LogP contribution in [0.1, 0.15) is 0 Å². The normalized spacial score (nSPS) is 11.2. The van der Waals surface area contributed by atoms with Crippen LogP contribution in [0.4, 0.5) is 0 Å². The molecule has 8 heteroatoms. The van der Waals surface area contributed by atoms with Gasteiger partial charge in [0.15, 0.2) is 0 Å². The largest absolute Gasteiger partial charge is 0.245 e. The van der Waals surface area contributed by atoms with Gasteiger partial charge in [0.1, 0.15) is 0 Å². The molecule has 0 aliphatic rings. The number of hydrogen-bond donors (Lipinski definition) is 1. The van der Waals surface area contributed by atoms with E-state index in [1.165, 1.54) is 4.70 Å². The smallest absolute Gasteiger partial charge is 0.0812 e. The van der Waals surface area contributed by atoms with Gasteiger partial charge < -0.3 is 6.15 Å². The van der Waals surface area contributed by atoms with Gasteiger partial charge in [-0.25, -0.2) is 4.98 Å². The zero-order valence-electron chi connectivity index (χ0n) is 7.28. The van der Waals surface area contributed by atoms with Crippen molar-refractivity contribution in [1.29, 1.82) is 0 Å². The van der Waals surface area contributed by atoms with Gasteiger partial charge in [-0.3, -0.25) is 0 Å². The Morgan fingerprint density at radius 1 is 1.07 bits per heavy atom. The zero-order valence-corrected chi connectivity index (χ0v) is 13.4. The molecule has 0 aliphatic heterocycles. The third-order valence-corrected chi connectivity index (χ3v) is 2.05. The monoisotopic (exact) mass is 487 g/mol. The maximum atomic E-state index is 5.01. The Balaban J connectivity index is 0.000000289. The molecule has 1 aromatic heterocycles. The average molecular weight is 489 g/mol. The van der Waals surface area contributed by atoms with E-state index in [2.05, 4.69) is 11.1 Å². The van der Waals surface area contributed by atoms with Crippen LogP contribution in [0.5, 0.6) is 0 Å². The fourth-order valence-corrected chi connectivity index (χ4v) is 1.48. The number of hydrogen-bond acceptors (Lipinski definition) is 3. The van der Waals surface area contributed by atoms with E-state index >= 15 is 0 Å². The number of aromatic nitrogens is 1. The fraction of sp³-hybridized carbons (Fsp3) is 0. The molecule has 0 atom stereocenters. The molecule has 15 heavy (non-hydrogen) atoms. The van der Waals surface area contributed by atoms with Gasteiger partial charge in [0.05, 0.1) is 15.7 Å². The van der Waals surface area contributed by atoms with E-state index in [1.807, 2.05) is 23.7 Å². The van der Waals surface area contributed by atoms with Crippen LogP contribution in [0.25, 0.3) is 10.2 Å². The molecule has 0 radical (unpaired) electrons. The number of rotatable bonds is 0. The van der Waals surface area contributed by atoms with E-state index < -0.39 is 11.9 Å². The van der Waals surface area contributed by atoms with Crippen molar-refractivity contribution in [1.82, 2.24) is 11.1 Å². The van der Waals surface area contributed by atoms with Gasteiger partial charge in [0.25, 0.3) is 0 Å². The first-order valence-electron chi connectivity index (χ1n) is 3.23. The van der Waals surface area contributed by atoms with E-state index in [0.29, 0.717) is 0 Å². The van der Waals surface area contributed by atoms with Crippen LogP contribution in [0, 0.1) is 0 Å². The minimum Gasteiger partial charge on any atom is -0.245 e. The molecule has 3 N–H and O–H groups in total. The van der Waals surface area contributed by atoms with Crippen LogP contribution >= 0.6 is 49.0 Å². The predicted molar refractivity (Wildman–Crippen MR) is 68.1 cm³/mol. The molecule has 0 spiro atoms. The van der Waals surface area contributed by atoms with Crippen molar-refractivity contribution < 1.29 is 11.9 Å². The van der Waals surface area contributed by atoms with Crippen molar-refractivity contribution in [3.8, 4) is 0 Å². The Morgan fingerprint density at radius 2 is 1.60 bits per heavy atom. The van der Waals surface area contributed by atoms with Gasteiger partial charge >= 0.3 is 49.6 Å². The van der Waals surface area contributed by atoms with Crippen molar-refractivity contribution in [2.75, 3.05) is 0 Å².